The third-order valence-corrected chi connectivity index (χ3v) is 6.86. The zero-order valence-electron chi connectivity index (χ0n) is 19.4. The molecule has 36 heavy (non-hydrogen) atoms. The monoisotopic (exact) mass is 519 g/mol. The van der Waals surface area contributed by atoms with Crippen molar-refractivity contribution in [3.63, 3.8) is 0 Å². The third kappa shape index (κ3) is 4.98. The van der Waals surface area contributed by atoms with Gasteiger partial charge < -0.3 is 9.15 Å². The Morgan fingerprint density at radius 1 is 1.17 bits per heavy atom. The van der Waals surface area contributed by atoms with E-state index in [1.54, 1.807) is 41.3 Å². The Balaban J connectivity index is 1.53. The van der Waals surface area contributed by atoms with E-state index in [4.69, 9.17) is 26.5 Å². The lowest BCUT2D eigenvalue weighted by atomic mass is 10.1. The number of furan rings is 1. The summed E-state index contributed by atoms with van der Waals surface area (Å²) in [5.74, 6) is 0.162. The molecule has 1 aliphatic heterocycles. The molecule has 6 nitrogen and oxygen atoms in total. The number of thiocarbonyl (C=S) groups is 1. The van der Waals surface area contributed by atoms with Gasteiger partial charge in [-0.05, 0) is 55.0 Å². The summed E-state index contributed by atoms with van der Waals surface area (Å²) in [6, 6.07) is 17.9. The van der Waals surface area contributed by atoms with Crippen LogP contribution in [0, 0.1) is 5.82 Å². The number of hydrogen-bond acceptors (Lipinski definition) is 6. The molecule has 5 rings (SSSR count). The van der Waals surface area contributed by atoms with Crippen LogP contribution >= 0.6 is 24.0 Å². The van der Waals surface area contributed by atoms with E-state index in [1.165, 1.54) is 22.7 Å². The number of para-hydroxylation sites is 1. The van der Waals surface area contributed by atoms with Gasteiger partial charge in [0.05, 0.1) is 30.0 Å². The van der Waals surface area contributed by atoms with Crippen molar-refractivity contribution in [1.29, 1.82) is 0 Å². The van der Waals surface area contributed by atoms with E-state index in [1.807, 2.05) is 43.5 Å². The molecule has 0 atom stereocenters. The fraction of sp³-hybridized carbons (Fsp3) is 0.148. The van der Waals surface area contributed by atoms with Gasteiger partial charge in [0, 0.05) is 17.3 Å². The predicted molar refractivity (Wildman–Crippen MR) is 142 cm³/mol. The highest BCUT2D eigenvalue weighted by Crippen LogP contribution is 2.36. The fourth-order valence-electron chi connectivity index (χ4n) is 3.74. The zero-order chi connectivity index (χ0) is 25.1. The number of carbonyl (C=O) groups excluding carboxylic acids is 1. The quantitative estimate of drug-likeness (QED) is 0.197. The van der Waals surface area contributed by atoms with E-state index in [0.717, 1.165) is 12.1 Å². The maximum Gasteiger partial charge on any atom is 0.266 e. The molecule has 4 aromatic rings. The normalized spacial score (nSPS) is 14.7. The van der Waals surface area contributed by atoms with Gasteiger partial charge in [-0.2, -0.15) is 5.10 Å². The van der Waals surface area contributed by atoms with Crippen LogP contribution in [0.3, 0.4) is 0 Å². The van der Waals surface area contributed by atoms with Crippen LogP contribution in [0.25, 0.3) is 23.0 Å². The van der Waals surface area contributed by atoms with Gasteiger partial charge in [0.25, 0.3) is 5.91 Å². The van der Waals surface area contributed by atoms with E-state index in [9.17, 15) is 9.18 Å². The molecule has 0 unspecified atom stereocenters. The lowest BCUT2D eigenvalue weighted by Crippen LogP contribution is -2.27. The average Bonchev–Trinajstić information content (AvgIpc) is 3.61. The number of benzene rings is 2. The second-order valence-electron chi connectivity index (χ2n) is 8.05. The molecule has 1 saturated heterocycles. The van der Waals surface area contributed by atoms with Gasteiger partial charge in [0.1, 0.15) is 15.8 Å². The summed E-state index contributed by atoms with van der Waals surface area (Å²) in [5, 5.41) is 4.73. The van der Waals surface area contributed by atoms with Gasteiger partial charge >= 0.3 is 0 Å². The van der Waals surface area contributed by atoms with E-state index >= 15 is 0 Å². The molecular formula is C27H22FN3O3S2. The summed E-state index contributed by atoms with van der Waals surface area (Å²) in [5.41, 5.74) is 2.62. The van der Waals surface area contributed by atoms with Gasteiger partial charge in [-0.25, -0.2) is 9.07 Å². The highest BCUT2D eigenvalue weighted by Gasteiger charge is 2.33. The lowest BCUT2D eigenvalue weighted by molar-refractivity contribution is -0.122. The minimum Gasteiger partial charge on any atom is -0.491 e. The van der Waals surface area contributed by atoms with Crippen molar-refractivity contribution < 1.29 is 18.3 Å². The van der Waals surface area contributed by atoms with Crippen LogP contribution in [0.2, 0.25) is 0 Å². The molecule has 1 amide bonds. The SMILES string of the molecule is CCCOc1ccc(-c2nn(-c3ccccc3)cc2C=C2SC(=S)N(Cc3ccco3)C2=O)cc1F. The van der Waals surface area contributed by atoms with Crippen molar-refractivity contribution in [2.24, 2.45) is 0 Å². The lowest BCUT2D eigenvalue weighted by Gasteiger charge is -2.11. The number of carbonyl (C=O) groups is 1. The second-order valence-corrected chi connectivity index (χ2v) is 9.73. The van der Waals surface area contributed by atoms with Crippen LogP contribution in [-0.2, 0) is 11.3 Å². The number of rotatable bonds is 8. The number of amides is 1. The van der Waals surface area contributed by atoms with Crippen LogP contribution < -0.4 is 4.74 Å². The minimum absolute atomic E-state index is 0.198. The topological polar surface area (TPSA) is 60.5 Å². The molecule has 0 N–H and O–H groups in total. The number of nitrogens with zero attached hydrogens (tertiary/aromatic N) is 3. The van der Waals surface area contributed by atoms with Crippen LogP contribution in [0.1, 0.15) is 24.7 Å². The largest absolute Gasteiger partial charge is 0.491 e. The van der Waals surface area contributed by atoms with Gasteiger partial charge in [0.2, 0.25) is 0 Å². The Morgan fingerprint density at radius 2 is 2.00 bits per heavy atom. The molecule has 0 radical (unpaired) electrons. The smallest absolute Gasteiger partial charge is 0.266 e. The molecule has 1 fully saturated rings. The Morgan fingerprint density at radius 3 is 2.72 bits per heavy atom. The zero-order valence-corrected chi connectivity index (χ0v) is 21.0. The third-order valence-electron chi connectivity index (χ3n) is 5.48. The number of thioether (sulfide) groups is 1. The van der Waals surface area contributed by atoms with Crippen LogP contribution in [0.4, 0.5) is 4.39 Å². The van der Waals surface area contributed by atoms with Crippen molar-refractivity contribution in [2.45, 2.75) is 19.9 Å². The average molecular weight is 520 g/mol. The summed E-state index contributed by atoms with van der Waals surface area (Å²) in [6.45, 7) is 2.66. The van der Waals surface area contributed by atoms with Gasteiger partial charge in [0.15, 0.2) is 11.6 Å². The summed E-state index contributed by atoms with van der Waals surface area (Å²) in [4.78, 5) is 15.1. The summed E-state index contributed by atoms with van der Waals surface area (Å²) >= 11 is 6.68. The van der Waals surface area contributed by atoms with Crippen molar-refractivity contribution in [3.8, 4) is 22.7 Å². The van der Waals surface area contributed by atoms with Crippen LogP contribution in [0.5, 0.6) is 5.75 Å². The van der Waals surface area contributed by atoms with Crippen molar-refractivity contribution in [2.75, 3.05) is 6.61 Å². The molecule has 2 aromatic carbocycles. The highest BCUT2D eigenvalue weighted by molar-refractivity contribution is 8.26. The van der Waals surface area contributed by atoms with Crippen LogP contribution in [0.15, 0.2) is 82.4 Å². The Hall–Kier alpha value is -3.69. The first-order chi connectivity index (χ1) is 17.5. The Bertz CT molecular complexity index is 1430. The van der Waals surface area contributed by atoms with E-state index in [2.05, 4.69) is 0 Å². The summed E-state index contributed by atoms with van der Waals surface area (Å²) in [7, 11) is 0. The van der Waals surface area contributed by atoms with Crippen molar-refractivity contribution in [1.82, 2.24) is 14.7 Å². The van der Waals surface area contributed by atoms with Crippen molar-refractivity contribution in [3.05, 3.63) is 95.2 Å². The number of hydrogen-bond donors (Lipinski definition) is 0. The predicted octanol–water partition coefficient (Wildman–Crippen LogP) is 6.46. The number of aromatic nitrogens is 2. The number of ether oxygens (including phenoxy) is 1. The molecule has 1 aliphatic rings. The van der Waals surface area contributed by atoms with E-state index < -0.39 is 5.82 Å². The highest BCUT2D eigenvalue weighted by atomic mass is 32.2. The standard InChI is InChI=1S/C27H22FN3O3S2/c1-2-12-34-23-11-10-18(14-22(23)28)25-19(16-31(29-25)20-7-4-3-5-8-20)15-24-26(32)30(27(35)36-24)17-21-9-6-13-33-21/h3-11,13-16H,2,12,17H2,1H3. The molecule has 0 spiro atoms. The summed E-state index contributed by atoms with van der Waals surface area (Å²) < 4.78 is 27.8. The molecule has 0 bridgehead atoms. The van der Waals surface area contributed by atoms with Crippen LogP contribution in [-0.4, -0.2) is 31.5 Å². The first-order valence-electron chi connectivity index (χ1n) is 11.4. The second kappa shape index (κ2) is 10.5. The molecule has 0 saturated carbocycles. The van der Waals surface area contributed by atoms with Crippen molar-refractivity contribution >= 4 is 40.3 Å². The summed E-state index contributed by atoms with van der Waals surface area (Å²) in [6.07, 6.45) is 5.92. The Labute approximate surface area is 217 Å². The molecular weight excluding hydrogens is 497 g/mol. The minimum atomic E-state index is -0.467. The Kier molecular flexibility index (Phi) is 7.02. The van der Waals surface area contributed by atoms with Gasteiger partial charge in [-0.3, -0.25) is 9.69 Å². The first-order valence-corrected chi connectivity index (χ1v) is 12.6. The molecule has 2 aromatic heterocycles. The van der Waals surface area contributed by atoms with E-state index in [0.29, 0.717) is 38.4 Å². The van der Waals surface area contributed by atoms with Gasteiger partial charge in [-0.1, -0.05) is 49.1 Å². The molecule has 3 heterocycles. The molecule has 182 valence electrons. The molecule has 0 aliphatic carbocycles. The van der Waals surface area contributed by atoms with E-state index in [-0.39, 0.29) is 18.2 Å². The fourth-order valence-corrected chi connectivity index (χ4v) is 4.99. The maximum atomic E-state index is 14.8. The molecule has 9 heteroatoms. The maximum absolute atomic E-state index is 14.8. The first kappa shape index (κ1) is 24.0. The van der Waals surface area contributed by atoms with Gasteiger partial charge in [-0.15, -0.1) is 0 Å². The number of halogens is 1.